The Morgan fingerprint density at radius 1 is 1.43 bits per heavy atom. The molecular weight excluding hydrogens is 290 g/mol. The first-order valence-electron chi connectivity index (χ1n) is 7.18. The van der Waals surface area contributed by atoms with Gasteiger partial charge in [0.05, 0.1) is 19.5 Å². The van der Waals surface area contributed by atoms with Crippen molar-refractivity contribution in [3.63, 3.8) is 0 Å². The first-order valence-corrected chi connectivity index (χ1v) is 9.02. The van der Waals surface area contributed by atoms with E-state index in [2.05, 4.69) is 0 Å². The first-order chi connectivity index (χ1) is 9.91. The van der Waals surface area contributed by atoms with Crippen LogP contribution in [0.2, 0.25) is 0 Å². The van der Waals surface area contributed by atoms with Crippen LogP contribution < -0.4 is 4.74 Å². The van der Waals surface area contributed by atoms with Crippen molar-refractivity contribution in [1.29, 1.82) is 0 Å². The molecule has 0 spiro atoms. The summed E-state index contributed by atoms with van der Waals surface area (Å²) in [5.41, 5.74) is 0.761. The number of methoxy groups -OCH3 is 1. The molecule has 0 aliphatic carbocycles. The molecule has 1 aliphatic heterocycles. The quantitative estimate of drug-likeness (QED) is 0.900. The summed E-state index contributed by atoms with van der Waals surface area (Å²) in [6, 6.07) is 7.40. The Morgan fingerprint density at radius 2 is 2.14 bits per heavy atom. The molecule has 0 aromatic heterocycles. The largest absolute Gasteiger partial charge is 0.496 e. The van der Waals surface area contributed by atoms with E-state index < -0.39 is 16.1 Å². The van der Waals surface area contributed by atoms with Crippen molar-refractivity contribution in [2.45, 2.75) is 25.4 Å². The molecule has 2 rings (SSSR count). The molecule has 5 nitrogen and oxygen atoms in total. The van der Waals surface area contributed by atoms with Gasteiger partial charge in [-0.25, -0.2) is 12.7 Å². The topological polar surface area (TPSA) is 66.8 Å². The van der Waals surface area contributed by atoms with Crippen molar-refractivity contribution in [2.75, 3.05) is 26.5 Å². The summed E-state index contributed by atoms with van der Waals surface area (Å²) < 4.78 is 30.0. The van der Waals surface area contributed by atoms with E-state index in [0.717, 1.165) is 18.4 Å². The van der Waals surface area contributed by atoms with E-state index in [4.69, 9.17) is 4.74 Å². The Balaban J connectivity index is 2.04. The Kier molecular flexibility index (Phi) is 5.24. The number of benzene rings is 1. The molecule has 1 aromatic rings. The highest BCUT2D eigenvalue weighted by atomic mass is 32.2. The van der Waals surface area contributed by atoms with Crippen LogP contribution in [0.15, 0.2) is 24.3 Å². The molecule has 6 heteroatoms. The average Bonchev–Trinajstić information content (AvgIpc) is 2.46. The van der Waals surface area contributed by atoms with Gasteiger partial charge in [0.2, 0.25) is 10.0 Å². The number of aliphatic hydroxyl groups excluding tert-OH is 1. The summed E-state index contributed by atoms with van der Waals surface area (Å²) in [6.07, 6.45) is 2.94. The maximum atomic E-state index is 11.6. The van der Waals surface area contributed by atoms with Crippen molar-refractivity contribution in [3.05, 3.63) is 29.8 Å². The van der Waals surface area contributed by atoms with Gasteiger partial charge in [-0.1, -0.05) is 18.2 Å². The van der Waals surface area contributed by atoms with Crippen molar-refractivity contribution < 1.29 is 18.3 Å². The third-order valence-corrected chi connectivity index (χ3v) is 5.27. The molecule has 1 aliphatic rings. The van der Waals surface area contributed by atoms with E-state index in [0.29, 0.717) is 25.3 Å². The monoisotopic (exact) mass is 313 g/mol. The number of aliphatic hydroxyl groups is 1. The molecule has 1 fully saturated rings. The lowest BCUT2D eigenvalue weighted by atomic mass is 9.90. The highest BCUT2D eigenvalue weighted by Gasteiger charge is 2.28. The number of rotatable bonds is 5. The molecule has 1 aromatic carbocycles. The molecule has 1 N–H and O–H groups in total. The van der Waals surface area contributed by atoms with E-state index in [-0.39, 0.29) is 5.92 Å². The van der Waals surface area contributed by atoms with Gasteiger partial charge in [0.15, 0.2) is 0 Å². The smallest absolute Gasteiger partial charge is 0.211 e. The number of hydrogen-bond acceptors (Lipinski definition) is 4. The fourth-order valence-corrected chi connectivity index (χ4v) is 3.85. The minimum Gasteiger partial charge on any atom is -0.496 e. The fraction of sp³-hybridized carbons (Fsp3) is 0.600. The van der Waals surface area contributed by atoms with E-state index in [1.165, 1.54) is 10.6 Å². The average molecular weight is 313 g/mol. The van der Waals surface area contributed by atoms with E-state index >= 15 is 0 Å². The van der Waals surface area contributed by atoms with Crippen LogP contribution in [0.5, 0.6) is 5.75 Å². The van der Waals surface area contributed by atoms with Crippen LogP contribution in [-0.2, 0) is 10.0 Å². The molecule has 1 heterocycles. The van der Waals surface area contributed by atoms with Gasteiger partial charge in [-0.3, -0.25) is 0 Å². The van der Waals surface area contributed by atoms with Crippen molar-refractivity contribution in [2.24, 2.45) is 5.92 Å². The SMILES string of the molecule is COc1ccccc1C(O)CC1CCCN(S(C)(=O)=O)C1. The summed E-state index contributed by atoms with van der Waals surface area (Å²) in [6.45, 7) is 1.07. The van der Waals surface area contributed by atoms with Crippen LogP contribution in [0, 0.1) is 5.92 Å². The number of piperidine rings is 1. The Hall–Kier alpha value is -1.11. The first kappa shape index (κ1) is 16.3. The molecule has 118 valence electrons. The van der Waals surface area contributed by atoms with Crippen LogP contribution in [0.3, 0.4) is 0 Å². The predicted octanol–water partition coefficient (Wildman–Crippen LogP) is 1.79. The number of nitrogens with zero attached hydrogens (tertiary/aromatic N) is 1. The van der Waals surface area contributed by atoms with Crippen molar-refractivity contribution in [1.82, 2.24) is 4.31 Å². The van der Waals surface area contributed by atoms with E-state index in [1.54, 1.807) is 7.11 Å². The summed E-state index contributed by atoms with van der Waals surface area (Å²) >= 11 is 0. The minimum absolute atomic E-state index is 0.174. The number of hydrogen-bond donors (Lipinski definition) is 1. The standard InChI is InChI=1S/C15H23NO4S/c1-20-15-8-4-3-7-13(15)14(17)10-12-6-5-9-16(11-12)21(2,18)19/h3-4,7-8,12,14,17H,5-6,9-11H2,1-2H3. The van der Waals surface area contributed by atoms with Gasteiger partial charge in [0, 0.05) is 18.7 Å². The molecule has 0 bridgehead atoms. The second-order valence-corrected chi connectivity index (χ2v) is 7.61. The van der Waals surface area contributed by atoms with Gasteiger partial charge < -0.3 is 9.84 Å². The summed E-state index contributed by atoms with van der Waals surface area (Å²) in [4.78, 5) is 0. The van der Waals surface area contributed by atoms with Crippen molar-refractivity contribution >= 4 is 10.0 Å². The van der Waals surface area contributed by atoms with E-state index in [1.807, 2.05) is 24.3 Å². The van der Waals surface area contributed by atoms with Gasteiger partial charge in [-0.05, 0) is 31.2 Å². The lowest BCUT2D eigenvalue weighted by Crippen LogP contribution is -2.39. The Bertz CT molecular complexity index is 573. The van der Waals surface area contributed by atoms with Crippen LogP contribution in [0.1, 0.15) is 30.9 Å². The lowest BCUT2D eigenvalue weighted by molar-refractivity contribution is 0.120. The van der Waals surface area contributed by atoms with Crippen LogP contribution >= 0.6 is 0 Å². The zero-order valence-electron chi connectivity index (χ0n) is 12.5. The third-order valence-electron chi connectivity index (χ3n) is 4.01. The number of sulfonamides is 1. The highest BCUT2D eigenvalue weighted by Crippen LogP contribution is 2.32. The molecule has 1 saturated heterocycles. The normalized spacial score (nSPS) is 22.0. The van der Waals surface area contributed by atoms with Gasteiger partial charge in [0.25, 0.3) is 0 Å². The van der Waals surface area contributed by atoms with Crippen LogP contribution in [0.4, 0.5) is 0 Å². The summed E-state index contributed by atoms with van der Waals surface area (Å²) in [5, 5.41) is 10.4. The Morgan fingerprint density at radius 3 is 2.81 bits per heavy atom. The molecule has 2 unspecified atom stereocenters. The Labute approximate surface area is 126 Å². The zero-order chi connectivity index (χ0) is 15.5. The number of ether oxygens (including phenoxy) is 1. The molecule has 0 radical (unpaired) electrons. The lowest BCUT2D eigenvalue weighted by Gasteiger charge is -2.32. The van der Waals surface area contributed by atoms with Gasteiger partial charge in [-0.2, -0.15) is 0 Å². The molecular formula is C15H23NO4S. The predicted molar refractivity (Wildman–Crippen MR) is 81.7 cm³/mol. The van der Waals surface area contributed by atoms with Crippen LogP contribution in [0.25, 0.3) is 0 Å². The molecule has 0 amide bonds. The third kappa shape index (κ3) is 4.18. The summed E-state index contributed by atoms with van der Waals surface area (Å²) in [7, 11) is -1.56. The van der Waals surface area contributed by atoms with Gasteiger partial charge in [-0.15, -0.1) is 0 Å². The van der Waals surface area contributed by atoms with Gasteiger partial charge >= 0.3 is 0 Å². The summed E-state index contributed by atoms with van der Waals surface area (Å²) in [5.74, 6) is 0.842. The molecule has 21 heavy (non-hydrogen) atoms. The van der Waals surface area contributed by atoms with Crippen molar-refractivity contribution in [3.8, 4) is 5.75 Å². The van der Waals surface area contributed by atoms with Gasteiger partial charge in [0.1, 0.15) is 5.75 Å². The maximum absolute atomic E-state index is 11.6. The second kappa shape index (κ2) is 6.77. The van der Waals surface area contributed by atoms with Crippen LogP contribution in [-0.4, -0.2) is 44.3 Å². The molecule has 0 saturated carbocycles. The fourth-order valence-electron chi connectivity index (χ4n) is 2.90. The minimum atomic E-state index is -3.15. The number of para-hydroxylation sites is 1. The second-order valence-electron chi connectivity index (χ2n) is 5.62. The highest BCUT2D eigenvalue weighted by molar-refractivity contribution is 7.88. The maximum Gasteiger partial charge on any atom is 0.211 e. The molecule has 2 atom stereocenters. The zero-order valence-corrected chi connectivity index (χ0v) is 13.3. The van der Waals surface area contributed by atoms with E-state index in [9.17, 15) is 13.5 Å².